The second kappa shape index (κ2) is 7.39. The number of nitrogens with one attached hydrogen (secondary N) is 4. The number of hydrogen-bond donors (Lipinski definition) is 5. The molecule has 0 bridgehead atoms. The summed E-state index contributed by atoms with van der Waals surface area (Å²) < 4.78 is 24.6. The van der Waals surface area contributed by atoms with Gasteiger partial charge in [0.1, 0.15) is 5.75 Å². The fraction of sp³-hybridized carbons (Fsp3) is 0.429. The van der Waals surface area contributed by atoms with Gasteiger partial charge in [-0.05, 0) is 31.0 Å². The lowest BCUT2D eigenvalue weighted by molar-refractivity contribution is 0.0933. The zero-order valence-electron chi connectivity index (χ0n) is 13.1. The first-order valence-corrected chi connectivity index (χ1v) is 9.31. The first-order valence-electron chi connectivity index (χ1n) is 7.42. The second-order valence-electron chi connectivity index (χ2n) is 5.64. The molecule has 5 N–H and O–H groups in total. The Balaban J connectivity index is 1.95. The van der Waals surface area contributed by atoms with E-state index in [4.69, 9.17) is 0 Å². The van der Waals surface area contributed by atoms with Crippen LogP contribution in [0.3, 0.4) is 0 Å². The molecule has 1 fully saturated rings. The monoisotopic (exact) mass is 356 g/mol. The molecule has 1 aromatic rings. The maximum atomic E-state index is 12.0. The van der Waals surface area contributed by atoms with Crippen molar-refractivity contribution in [2.45, 2.75) is 31.7 Å². The van der Waals surface area contributed by atoms with Crippen molar-refractivity contribution >= 4 is 27.6 Å². The molecule has 0 aromatic heterocycles. The summed E-state index contributed by atoms with van der Waals surface area (Å²) in [6.45, 7) is 0. The summed E-state index contributed by atoms with van der Waals surface area (Å²) >= 11 is 0. The van der Waals surface area contributed by atoms with Crippen molar-refractivity contribution in [3.8, 4) is 5.75 Å². The van der Waals surface area contributed by atoms with Crippen LogP contribution in [0.25, 0.3) is 0 Å². The highest BCUT2D eigenvalue weighted by Gasteiger charge is 2.18. The van der Waals surface area contributed by atoms with Crippen LogP contribution in [0.1, 0.15) is 36.0 Å². The predicted octanol–water partition coefficient (Wildman–Crippen LogP) is 0.650. The van der Waals surface area contributed by atoms with Crippen LogP contribution in [0, 0.1) is 0 Å². The van der Waals surface area contributed by atoms with E-state index in [0.29, 0.717) is 0 Å². The lowest BCUT2D eigenvalue weighted by atomic mass is 10.1. The number of carbonyl (C=O) groups excluding carboxylic acids is 2. The van der Waals surface area contributed by atoms with E-state index in [9.17, 15) is 23.1 Å². The molecule has 1 saturated carbocycles. The Morgan fingerprint density at radius 3 is 2.46 bits per heavy atom. The van der Waals surface area contributed by atoms with E-state index in [1.165, 1.54) is 18.2 Å². The quantitative estimate of drug-likeness (QED) is 0.398. The van der Waals surface area contributed by atoms with Crippen molar-refractivity contribution < 1.29 is 23.1 Å². The first kappa shape index (κ1) is 17.9. The fourth-order valence-electron chi connectivity index (χ4n) is 2.47. The highest BCUT2D eigenvalue weighted by Crippen LogP contribution is 2.22. The molecular weight excluding hydrogens is 336 g/mol. The number of phenols is 1. The summed E-state index contributed by atoms with van der Waals surface area (Å²) in [5, 5.41) is 12.5. The van der Waals surface area contributed by atoms with Gasteiger partial charge in [0, 0.05) is 11.7 Å². The van der Waals surface area contributed by atoms with Crippen molar-refractivity contribution in [3.63, 3.8) is 0 Å². The molecule has 0 spiro atoms. The lowest BCUT2D eigenvalue weighted by Crippen LogP contribution is -2.49. The molecule has 10 heteroatoms. The van der Waals surface area contributed by atoms with Crippen LogP contribution in [-0.2, 0) is 10.0 Å². The standard InChI is InChI=1S/C14H20N4O5S/c1-24(22,23)18-10-6-7-12(19)11(8-10)13(20)16-17-14(21)15-9-4-2-3-5-9/h6-9,18-19H,2-5H2,1H3,(H,16,20)(H2,15,17,21). The molecule has 0 unspecified atom stereocenters. The van der Waals surface area contributed by atoms with Crippen LogP contribution < -0.4 is 20.9 Å². The van der Waals surface area contributed by atoms with Gasteiger partial charge in [-0.3, -0.25) is 14.9 Å². The van der Waals surface area contributed by atoms with Crippen LogP contribution in [0.4, 0.5) is 10.5 Å². The number of hydrazine groups is 1. The van der Waals surface area contributed by atoms with Gasteiger partial charge in [-0.25, -0.2) is 18.6 Å². The van der Waals surface area contributed by atoms with E-state index >= 15 is 0 Å². The molecule has 0 radical (unpaired) electrons. The summed E-state index contributed by atoms with van der Waals surface area (Å²) in [7, 11) is -3.51. The molecule has 0 aliphatic heterocycles. The third-order valence-corrected chi connectivity index (χ3v) is 4.13. The third kappa shape index (κ3) is 5.30. The highest BCUT2D eigenvalue weighted by molar-refractivity contribution is 7.92. The van der Waals surface area contributed by atoms with E-state index in [1.54, 1.807) is 0 Å². The summed E-state index contributed by atoms with van der Waals surface area (Å²) in [4.78, 5) is 23.7. The SMILES string of the molecule is CS(=O)(=O)Nc1ccc(O)c(C(=O)NNC(=O)NC2CCCC2)c1. The Morgan fingerprint density at radius 2 is 1.83 bits per heavy atom. The first-order chi connectivity index (χ1) is 11.2. The van der Waals surface area contributed by atoms with Crippen LogP contribution in [0.2, 0.25) is 0 Å². The number of sulfonamides is 1. The zero-order valence-corrected chi connectivity index (χ0v) is 13.9. The molecule has 3 amide bonds. The Kier molecular flexibility index (Phi) is 5.50. The van der Waals surface area contributed by atoms with E-state index in [-0.39, 0.29) is 23.0 Å². The molecule has 0 heterocycles. The van der Waals surface area contributed by atoms with Gasteiger partial charge in [-0.2, -0.15) is 0 Å². The van der Waals surface area contributed by atoms with Crippen LogP contribution >= 0.6 is 0 Å². The van der Waals surface area contributed by atoms with E-state index in [0.717, 1.165) is 31.9 Å². The molecule has 132 valence electrons. The number of urea groups is 1. The number of amides is 3. The number of benzene rings is 1. The molecule has 1 aliphatic rings. The summed E-state index contributed by atoms with van der Waals surface area (Å²) in [5.74, 6) is -1.12. The molecule has 9 nitrogen and oxygen atoms in total. The third-order valence-electron chi connectivity index (χ3n) is 3.52. The molecular formula is C14H20N4O5S. The number of aromatic hydroxyl groups is 1. The van der Waals surface area contributed by atoms with Crippen molar-refractivity contribution in [3.05, 3.63) is 23.8 Å². The van der Waals surface area contributed by atoms with Crippen molar-refractivity contribution in [1.29, 1.82) is 0 Å². The van der Waals surface area contributed by atoms with Gasteiger partial charge in [0.25, 0.3) is 5.91 Å². The zero-order chi connectivity index (χ0) is 17.7. The number of phenolic OH excluding ortho intramolecular Hbond substituents is 1. The minimum Gasteiger partial charge on any atom is -0.507 e. The van der Waals surface area contributed by atoms with Crippen molar-refractivity contribution in [2.24, 2.45) is 0 Å². The minimum absolute atomic E-state index is 0.0950. The Hall–Kier alpha value is -2.49. The number of hydrogen-bond acceptors (Lipinski definition) is 5. The Morgan fingerprint density at radius 1 is 1.17 bits per heavy atom. The summed E-state index contributed by atoms with van der Waals surface area (Å²) in [6.07, 6.45) is 4.90. The maximum Gasteiger partial charge on any atom is 0.333 e. The molecule has 0 atom stereocenters. The maximum absolute atomic E-state index is 12.0. The van der Waals surface area contributed by atoms with Crippen LogP contribution in [0.15, 0.2) is 18.2 Å². The highest BCUT2D eigenvalue weighted by atomic mass is 32.2. The molecule has 0 saturated heterocycles. The second-order valence-corrected chi connectivity index (χ2v) is 7.39. The van der Waals surface area contributed by atoms with Gasteiger partial charge in [-0.1, -0.05) is 12.8 Å². The average Bonchev–Trinajstić information content (AvgIpc) is 2.98. The summed E-state index contributed by atoms with van der Waals surface area (Å²) in [6, 6.07) is 3.22. The summed E-state index contributed by atoms with van der Waals surface area (Å²) in [5.41, 5.74) is 4.31. The van der Waals surface area contributed by atoms with Gasteiger partial charge >= 0.3 is 6.03 Å². The van der Waals surface area contributed by atoms with Crippen LogP contribution in [0.5, 0.6) is 5.75 Å². The average molecular weight is 356 g/mol. The van der Waals surface area contributed by atoms with E-state index in [2.05, 4.69) is 20.9 Å². The van der Waals surface area contributed by atoms with Gasteiger partial charge in [-0.15, -0.1) is 0 Å². The largest absolute Gasteiger partial charge is 0.507 e. The van der Waals surface area contributed by atoms with Gasteiger partial charge < -0.3 is 10.4 Å². The molecule has 24 heavy (non-hydrogen) atoms. The predicted molar refractivity (Wildman–Crippen MR) is 88.0 cm³/mol. The Labute approximate surface area is 139 Å². The fourth-order valence-corrected chi connectivity index (χ4v) is 3.02. The number of anilines is 1. The van der Waals surface area contributed by atoms with Gasteiger partial charge in [0.2, 0.25) is 10.0 Å². The topological polar surface area (TPSA) is 137 Å². The van der Waals surface area contributed by atoms with Gasteiger partial charge in [0.05, 0.1) is 11.8 Å². The van der Waals surface area contributed by atoms with Crippen molar-refractivity contribution in [1.82, 2.24) is 16.2 Å². The minimum atomic E-state index is -3.51. The molecule has 1 aliphatic carbocycles. The number of rotatable bonds is 4. The van der Waals surface area contributed by atoms with Crippen molar-refractivity contribution in [2.75, 3.05) is 11.0 Å². The van der Waals surface area contributed by atoms with E-state index < -0.39 is 22.0 Å². The van der Waals surface area contributed by atoms with Gasteiger partial charge in [0.15, 0.2) is 0 Å². The number of carbonyl (C=O) groups is 2. The van der Waals surface area contributed by atoms with Crippen LogP contribution in [-0.4, -0.2) is 37.8 Å². The normalized spacial score (nSPS) is 14.9. The molecule has 2 rings (SSSR count). The molecule has 1 aromatic carbocycles. The smallest absolute Gasteiger partial charge is 0.333 e. The van der Waals surface area contributed by atoms with E-state index in [1.807, 2.05) is 0 Å². The Bertz CT molecular complexity index is 729. The lowest BCUT2D eigenvalue weighted by Gasteiger charge is -2.14.